The summed E-state index contributed by atoms with van der Waals surface area (Å²) in [5.74, 6) is -0.223. The number of ether oxygens (including phenoxy) is 1. The van der Waals surface area contributed by atoms with Crippen LogP contribution in [0.5, 0.6) is 0 Å². The molecule has 0 fully saturated rings. The first-order valence-corrected chi connectivity index (χ1v) is 7.81. The lowest BCUT2D eigenvalue weighted by molar-refractivity contribution is -0.129. The SMILES string of the molecule is O=C1OC(c2cccc(Br)c2)=N/C1=C\c1ccc(Cl)c(Cl)c1. The third-order valence-electron chi connectivity index (χ3n) is 2.94. The molecule has 0 saturated carbocycles. The van der Waals surface area contributed by atoms with Gasteiger partial charge in [-0.1, -0.05) is 51.3 Å². The standard InChI is InChI=1S/C16H8BrCl2NO2/c17-11-3-1-2-10(8-11)15-20-14(16(21)22-15)7-9-4-5-12(18)13(19)6-9/h1-8H/b14-7-. The molecule has 0 spiro atoms. The fourth-order valence-electron chi connectivity index (χ4n) is 1.91. The van der Waals surface area contributed by atoms with E-state index in [1.54, 1.807) is 24.3 Å². The highest BCUT2D eigenvalue weighted by molar-refractivity contribution is 9.10. The molecule has 0 N–H and O–H groups in total. The van der Waals surface area contributed by atoms with Gasteiger partial charge in [-0.15, -0.1) is 0 Å². The van der Waals surface area contributed by atoms with Crippen molar-refractivity contribution in [1.82, 2.24) is 0 Å². The van der Waals surface area contributed by atoms with Gasteiger partial charge in [0.2, 0.25) is 5.90 Å². The number of aliphatic imine (C=N–C) groups is 1. The smallest absolute Gasteiger partial charge is 0.363 e. The quantitative estimate of drug-likeness (QED) is 0.523. The van der Waals surface area contributed by atoms with Crippen molar-refractivity contribution in [1.29, 1.82) is 0 Å². The predicted octanol–water partition coefficient (Wildman–Crippen LogP) is 5.10. The van der Waals surface area contributed by atoms with Crippen LogP contribution in [0.3, 0.4) is 0 Å². The number of rotatable bonds is 2. The van der Waals surface area contributed by atoms with Crippen LogP contribution < -0.4 is 0 Å². The van der Waals surface area contributed by atoms with Crippen molar-refractivity contribution in [2.24, 2.45) is 4.99 Å². The van der Waals surface area contributed by atoms with E-state index in [0.29, 0.717) is 10.0 Å². The zero-order chi connectivity index (χ0) is 15.7. The van der Waals surface area contributed by atoms with E-state index in [4.69, 9.17) is 27.9 Å². The van der Waals surface area contributed by atoms with Crippen LogP contribution in [0.4, 0.5) is 0 Å². The monoisotopic (exact) mass is 395 g/mol. The van der Waals surface area contributed by atoms with Crippen LogP contribution in [-0.2, 0) is 9.53 Å². The maximum absolute atomic E-state index is 11.9. The highest BCUT2D eigenvalue weighted by Gasteiger charge is 2.24. The van der Waals surface area contributed by atoms with Crippen LogP contribution in [0.1, 0.15) is 11.1 Å². The minimum absolute atomic E-state index is 0.216. The van der Waals surface area contributed by atoms with E-state index in [0.717, 1.165) is 15.6 Å². The van der Waals surface area contributed by atoms with E-state index in [2.05, 4.69) is 20.9 Å². The number of hydrogen-bond acceptors (Lipinski definition) is 3. The number of carbonyl (C=O) groups is 1. The van der Waals surface area contributed by atoms with Crippen LogP contribution in [0.2, 0.25) is 10.0 Å². The number of nitrogens with zero attached hydrogens (tertiary/aromatic N) is 1. The van der Waals surface area contributed by atoms with Gasteiger partial charge in [0, 0.05) is 10.0 Å². The average molecular weight is 397 g/mol. The van der Waals surface area contributed by atoms with Gasteiger partial charge in [0.1, 0.15) is 0 Å². The first-order chi connectivity index (χ1) is 10.5. The fraction of sp³-hybridized carbons (Fsp3) is 0. The third-order valence-corrected chi connectivity index (χ3v) is 4.17. The van der Waals surface area contributed by atoms with Crippen molar-refractivity contribution < 1.29 is 9.53 Å². The van der Waals surface area contributed by atoms with Crippen molar-refractivity contribution in [2.75, 3.05) is 0 Å². The Hall–Kier alpha value is -1.62. The number of hydrogen-bond donors (Lipinski definition) is 0. The Morgan fingerprint density at radius 3 is 2.64 bits per heavy atom. The molecule has 0 amide bonds. The molecular weight excluding hydrogens is 389 g/mol. The Kier molecular flexibility index (Phi) is 4.34. The second-order valence-corrected chi connectivity index (χ2v) is 6.25. The Morgan fingerprint density at radius 2 is 1.91 bits per heavy atom. The zero-order valence-corrected chi connectivity index (χ0v) is 14.1. The molecule has 0 aromatic heterocycles. The van der Waals surface area contributed by atoms with Crippen molar-refractivity contribution in [3.63, 3.8) is 0 Å². The lowest BCUT2D eigenvalue weighted by Gasteiger charge is -1.99. The lowest BCUT2D eigenvalue weighted by Crippen LogP contribution is -2.05. The minimum atomic E-state index is -0.499. The molecule has 3 rings (SSSR count). The summed E-state index contributed by atoms with van der Waals surface area (Å²) in [6.07, 6.45) is 1.61. The summed E-state index contributed by atoms with van der Waals surface area (Å²) in [4.78, 5) is 16.2. The van der Waals surface area contributed by atoms with Gasteiger partial charge in [-0.25, -0.2) is 9.79 Å². The highest BCUT2D eigenvalue weighted by Crippen LogP contribution is 2.25. The van der Waals surface area contributed by atoms with E-state index < -0.39 is 5.97 Å². The summed E-state index contributed by atoms with van der Waals surface area (Å²) >= 11 is 15.2. The Labute approximate surface area is 145 Å². The molecule has 1 heterocycles. The Morgan fingerprint density at radius 1 is 1.09 bits per heavy atom. The van der Waals surface area contributed by atoms with E-state index in [1.165, 1.54) is 0 Å². The van der Waals surface area contributed by atoms with E-state index in [9.17, 15) is 4.79 Å². The maximum Gasteiger partial charge on any atom is 0.363 e. The molecular formula is C16H8BrCl2NO2. The number of carbonyl (C=O) groups excluding carboxylic acids is 1. The zero-order valence-electron chi connectivity index (χ0n) is 11.0. The first kappa shape index (κ1) is 15.3. The van der Waals surface area contributed by atoms with Crippen LogP contribution in [0.15, 0.2) is 57.6 Å². The molecule has 0 radical (unpaired) electrons. The van der Waals surface area contributed by atoms with E-state index in [-0.39, 0.29) is 11.6 Å². The van der Waals surface area contributed by atoms with Gasteiger partial charge in [0.15, 0.2) is 5.70 Å². The van der Waals surface area contributed by atoms with Crippen LogP contribution in [0, 0.1) is 0 Å². The summed E-state index contributed by atoms with van der Waals surface area (Å²) in [7, 11) is 0. The molecule has 1 aliphatic rings. The second-order valence-electron chi connectivity index (χ2n) is 4.52. The molecule has 0 aliphatic carbocycles. The summed E-state index contributed by atoms with van der Waals surface area (Å²) in [6, 6.07) is 12.4. The fourth-order valence-corrected chi connectivity index (χ4v) is 2.62. The molecule has 110 valence electrons. The summed E-state index contributed by atoms with van der Waals surface area (Å²) < 4.78 is 6.08. The van der Waals surface area contributed by atoms with Crippen molar-refractivity contribution >= 4 is 57.1 Å². The molecule has 1 aliphatic heterocycles. The normalized spacial score (nSPS) is 15.9. The summed E-state index contributed by atoms with van der Waals surface area (Å²) in [5.41, 5.74) is 1.66. The third kappa shape index (κ3) is 3.24. The summed E-state index contributed by atoms with van der Waals surface area (Å²) in [6.45, 7) is 0. The van der Waals surface area contributed by atoms with Crippen molar-refractivity contribution in [2.45, 2.75) is 0 Å². The number of benzene rings is 2. The van der Waals surface area contributed by atoms with Gasteiger partial charge in [-0.3, -0.25) is 0 Å². The highest BCUT2D eigenvalue weighted by atomic mass is 79.9. The van der Waals surface area contributed by atoms with Gasteiger partial charge < -0.3 is 4.74 Å². The van der Waals surface area contributed by atoms with Crippen LogP contribution in [0.25, 0.3) is 6.08 Å². The minimum Gasteiger partial charge on any atom is -0.402 e. The van der Waals surface area contributed by atoms with Crippen LogP contribution >= 0.6 is 39.1 Å². The number of esters is 1. The Bertz CT molecular complexity index is 831. The molecule has 0 unspecified atom stereocenters. The molecule has 2 aromatic carbocycles. The lowest BCUT2D eigenvalue weighted by atomic mass is 10.2. The maximum atomic E-state index is 11.9. The second kappa shape index (κ2) is 6.24. The molecule has 6 heteroatoms. The van der Waals surface area contributed by atoms with Gasteiger partial charge in [0.05, 0.1) is 10.0 Å². The largest absolute Gasteiger partial charge is 0.402 e. The van der Waals surface area contributed by atoms with Crippen LogP contribution in [-0.4, -0.2) is 11.9 Å². The topological polar surface area (TPSA) is 38.7 Å². The molecule has 0 atom stereocenters. The number of halogens is 3. The van der Waals surface area contributed by atoms with Gasteiger partial charge in [-0.05, 0) is 42.0 Å². The van der Waals surface area contributed by atoms with Gasteiger partial charge >= 0.3 is 5.97 Å². The van der Waals surface area contributed by atoms with Gasteiger partial charge in [0.25, 0.3) is 0 Å². The molecule has 0 saturated heterocycles. The summed E-state index contributed by atoms with van der Waals surface area (Å²) in [5, 5.41) is 0.870. The first-order valence-electron chi connectivity index (χ1n) is 6.26. The average Bonchev–Trinajstić information content (AvgIpc) is 2.84. The predicted molar refractivity (Wildman–Crippen MR) is 91.2 cm³/mol. The number of cyclic esters (lactones) is 1. The van der Waals surface area contributed by atoms with E-state index in [1.807, 2.05) is 24.3 Å². The van der Waals surface area contributed by atoms with E-state index >= 15 is 0 Å². The Balaban J connectivity index is 1.95. The van der Waals surface area contributed by atoms with Gasteiger partial charge in [-0.2, -0.15) is 0 Å². The molecule has 0 bridgehead atoms. The molecule has 22 heavy (non-hydrogen) atoms. The molecule has 3 nitrogen and oxygen atoms in total. The van der Waals surface area contributed by atoms with Crippen molar-refractivity contribution in [3.8, 4) is 0 Å². The molecule has 2 aromatic rings. The van der Waals surface area contributed by atoms with Crippen molar-refractivity contribution in [3.05, 3.63) is 73.8 Å².